The van der Waals surface area contributed by atoms with E-state index in [2.05, 4.69) is 4.98 Å². The van der Waals surface area contributed by atoms with Gasteiger partial charge in [-0.2, -0.15) is 0 Å². The molecule has 0 radical (unpaired) electrons. The fraction of sp³-hybridized carbons (Fsp3) is 0.158. The number of aromatic amines is 1. The molecule has 25 heavy (non-hydrogen) atoms. The zero-order valence-electron chi connectivity index (χ0n) is 14.1. The molecule has 0 fully saturated rings. The molecule has 1 aromatic heterocycles. The van der Waals surface area contributed by atoms with Crippen LogP contribution >= 0.6 is 0 Å². The van der Waals surface area contributed by atoms with Gasteiger partial charge in [0.2, 0.25) is 0 Å². The Bertz CT molecular complexity index is 951. The van der Waals surface area contributed by atoms with Gasteiger partial charge in [-0.25, -0.2) is 0 Å². The predicted octanol–water partition coefficient (Wildman–Crippen LogP) is -0.973. The summed E-state index contributed by atoms with van der Waals surface area (Å²) >= 11 is 0. The van der Waals surface area contributed by atoms with E-state index in [1.165, 1.54) is 6.07 Å². The van der Waals surface area contributed by atoms with Crippen LogP contribution in [0.2, 0.25) is 0 Å². The Kier molecular flexibility index (Phi) is 6.56. The fourth-order valence-corrected chi connectivity index (χ4v) is 2.67. The average molecular weight is 345 g/mol. The molecule has 0 bridgehead atoms. The Labute approximate surface area is 166 Å². The second kappa shape index (κ2) is 8.45. The molecular weight excluding hydrogens is 329 g/mol. The minimum absolute atomic E-state index is 0. The van der Waals surface area contributed by atoms with Crippen molar-refractivity contribution < 1.29 is 44.2 Å². The van der Waals surface area contributed by atoms with Crippen LogP contribution in [-0.4, -0.2) is 17.6 Å². The van der Waals surface area contributed by atoms with Gasteiger partial charge in [-0.15, -0.1) is 0 Å². The first-order valence-corrected chi connectivity index (χ1v) is 7.65. The number of carbonyl (C=O) groups is 1. The Morgan fingerprint density at radius 1 is 1.12 bits per heavy atom. The van der Waals surface area contributed by atoms with E-state index in [1.807, 2.05) is 42.5 Å². The van der Waals surface area contributed by atoms with E-state index in [-0.39, 0.29) is 41.7 Å². The SMILES string of the molecule is CCOC(C(=O)[O-])c1ccc(-c2ccc3ccccc3c2)[nH]c1=O.[Na+]. The van der Waals surface area contributed by atoms with Crippen LogP contribution in [0.25, 0.3) is 22.0 Å². The molecule has 0 aliphatic heterocycles. The van der Waals surface area contributed by atoms with Gasteiger partial charge in [0.15, 0.2) is 0 Å². The van der Waals surface area contributed by atoms with Crippen molar-refractivity contribution >= 4 is 16.7 Å². The van der Waals surface area contributed by atoms with Crippen LogP contribution in [0.4, 0.5) is 0 Å². The number of carbonyl (C=O) groups excluding carboxylic acids is 1. The molecule has 3 rings (SSSR count). The van der Waals surface area contributed by atoms with E-state index in [1.54, 1.807) is 13.0 Å². The van der Waals surface area contributed by atoms with E-state index >= 15 is 0 Å². The summed E-state index contributed by atoms with van der Waals surface area (Å²) < 4.78 is 5.09. The number of hydrogen-bond acceptors (Lipinski definition) is 4. The van der Waals surface area contributed by atoms with Crippen molar-refractivity contribution in [3.05, 3.63) is 70.5 Å². The van der Waals surface area contributed by atoms with Gasteiger partial charge in [0.25, 0.3) is 5.56 Å². The van der Waals surface area contributed by atoms with Gasteiger partial charge in [-0.1, -0.05) is 36.4 Å². The van der Waals surface area contributed by atoms with Gasteiger partial charge >= 0.3 is 29.6 Å². The van der Waals surface area contributed by atoms with Crippen LogP contribution in [0, 0.1) is 0 Å². The minimum atomic E-state index is -1.43. The summed E-state index contributed by atoms with van der Waals surface area (Å²) in [5, 5.41) is 13.3. The van der Waals surface area contributed by atoms with Crippen LogP contribution < -0.4 is 40.2 Å². The van der Waals surface area contributed by atoms with E-state index in [4.69, 9.17) is 4.74 Å². The predicted molar refractivity (Wildman–Crippen MR) is 89.4 cm³/mol. The number of H-pyrrole nitrogens is 1. The smallest absolute Gasteiger partial charge is 0.547 e. The van der Waals surface area contributed by atoms with Crippen molar-refractivity contribution in [3.8, 4) is 11.3 Å². The average Bonchev–Trinajstić information content (AvgIpc) is 2.59. The van der Waals surface area contributed by atoms with Gasteiger partial charge < -0.3 is 19.6 Å². The summed E-state index contributed by atoms with van der Waals surface area (Å²) in [5.41, 5.74) is 0.992. The number of aliphatic carboxylic acids is 1. The van der Waals surface area contributed by atoms with Crippen molar-refractivity contribution in [1.82, 2.24) is 4.98 Å². The van der Waals surface area contributed by atoms with E-state index < -0.39 is 17.6 Å². The van der Waals surface area contributed by atoms with Crippen molar-refractivity contribution in [1.29, 1.82) is 0 Å². The molecule has 0 saturated carbocycles. The van der Waals surface area contributed by atoms with Crippen LogP contribution in [0.15, 0.2) is 59.4 Å². The van der Waals surface area contributed by atoms with Gasteiger partial charge in [0, 0.05) is 12.3 Å². The number of pyridine rings is 1. The Morgan fingerprint density at radius 3 is 2.48 bits per heavy atom. The molecule has 1 unspecified atom stereocenters. The monoisotopic (exact) mass is 345 g/mol. The molecule has 1 N–H and O–H groups in total. The maximum atomic E-state index is 12.3. The maximum absolute atomic E-state index is 12.3. The molecule has 0 saturated heterocycles. The summed E-state index contributed by atoms with van der Waals surface area (Å²) in [7, 11) is 0. The fourth-order valence-electron chi connectivity index (χ4n) is 2.67. The number of nitrogens with one attached hydrogen (secondary N) is 1. The topological polar surface area (TPSA) is 82.2 Å². The molecule has 6 heteroatoms. The van der Waals surface area contributed by atoms with Crippen LogP contribution in [0.5, 0.6) is 0 Å². The normalized spacial score (nSPS) is 11.7. The third-order valence-corrected chi connectivity index (χ3v) is 3.83. The van der Waals surface area contributed by atoms with Crippen molar-refractivity contribution in [3.63, 3.8) is 0 Å². The number of rotatable bonds is 5. The van der Waals surface area contributed by atoms with Crippen LogP contribution in [0.3, 0.4) is 0 Å². The largest absolute Gasteiger partial charge is 1.00 e. The molecule has 0 amide bonds. The molecule has 122 valence electrons. The van der Waals surface area contributed by atoms with Gasteiger partial charge in [0.1, 0.15) is 6.10 Å². The first kappa shape index (κ1) is 19.4. The molecule has 0 aliphatic rings. The molecular formula is C19H16NNaO4. The van der Waals surface area contributed by atoms with E-state index in [0.717, 1.165) is 16.3 Å². The second-order valence-corrected chi connectivity index (χ2v) is 5.37. The quantitative estimate of drug-likeness (QED) is 0.603. The number of fused-ring (bicyclic) bond motifs is 1. The zero-order chi connectivity index (χ0) is 17.1. The third kappa shape index (κ3) is 4.19. The molecule has 0 spiro atoms. The summed E-state index contributed by atoms with van der Waals surface area (Å²) in [6, 6.07) is 16.9. The molecule has 1 heterocycles. The molecule has 1 atom stereocenters. The standard InChI is InChI=1S/C19H17NO4.Na/c1-2-24-17(19(22)23)15-9-10-16(20-18(15)21)14-8-7-12-5-3-4-6-13(12)11-14;/h3-11,17H,2H2,1H3,(H,20,21)(H,22,23);/q;+1/p-1. The second-order valence-electron chi connectivity index (χ2n) is 5.37. The number of benzene rings is 2. The van der Waals surface area contributed by atoms with Gasteiger partial charge in [0.05, 0.1) is 11.5 Å². The summed E-state index contributed by atoms with van der Waals surface area (Å²) in [6.07, 6.45) is -1.37. The van der Waals surface area contributed by atoms with Gasteiger partial charge in [-0.3, -0.25) is 4.79 Å². The van der Waals surface area contributed by atoms with Crippen LogP contribution in [0.1, 0.15) is 18.6 Å². The van der Waals surface area contributed by atoms with Crippen molar-refractivity contribution in [2.45, 2.75) is 13.0 Å². The minimum Gasteiger partial charge on any atom is -0.547 e. The first-order valence-electron chi connectivity index (χ1n) is 7.65. The zero-order valence-corrected chi connectivity index (χ0v) is 16.1. The molecule has 5 nitrogen and oxygen atoms in total. The van der Waals surface area contributed by atoms with Crippen molar-refractivity contribution in [2.75, 3.05) is 6.61 Å². The number of aromatic nitrogens is 1. The first-order chi connectivity index (χ1) is 11.6. The number of ether oxygens (including phenoxy) is 1. The van der Waals surface area contributed by atoms with Gasteiger partial charge in [-0.05, 0) is 41.5 Å². The summed E-state index contributed by atoms with van der Waals surface area (Å²) in [5.74, 6) is -1.43. The third-order valence-electron chi connectivity index (χ3n) is 3.83. The Hall–Kier alpha value is -1.92. The molecule has 0 aliphatic carbocycles. The number of hydrogen-bond donors (Lipinski definition) is 1. The van der Waals surface area contributed by atoms with E-state index in [0.29, 0.717) is 5.69 Å². The molecule has 2 aromatic carbocycles. The Balaban J connectivity index is 0.00000225. The molecule has 3 aromatic rings. The van der Waals surface area contributed by atoms with E-state index in [9.17, 15) is 14.7 Å². The van der Waals surface area contributed by atoms with Crippen molar-refractivity contribution in [2.24, 2.45) is 0 Å². The van der Waals surface area contributed by atoms with Crippen LogP contribution in [-0.2, 0) is 9.53 Å². The Morgan fingerprint density at radius 2 is 1.84 bits per heavy atom. The number of carboxylic acid groups (broad SMARTS) is 1. The summed E-state index contributed by atoms with van der Waals surface area (Å²) in [4.78, 5) is 26.1. The maximum Gasteiger partial charge on any atom is 1.00 e. The number of carboxylic acids is 1. The summed E-state index contributed by atoms with van der Waals surface area (Å²) in [6.45, 7) is 1.83.